The Labute approximate surface area is 325 Å². The van der Waals surface area contributed by atoms with Crippen LogP contribution < -0.4 is 26.2 Å². The van der Waals surface area contributed by atoms with Gasteiger partial charge in [-0.3, -0.25) is 0 Å². The van der Waals surface area contributed by atoms with E-state index in [-0.39, 0.29) is 6.71 Å². The second kappa shape index (κ2) is 13.1. The van der Waals surface area contributed by atoms with E-state index in [0.29, 0.717) is 0 Å². The first-order valence-electron chi connectivity index (χ1n) is 19.3. The molecule has 10 rings (SSSR count). The van der Waals surface area contributed by atoms with Crippen molar-refractivity contribution in [3.05, 3.63) is 233 Å². The van der Waals surface area contributed by atoms with Crippen LogP contribution in [0, 0.1) is 20.8 Å². The fraction of sp³-hybridized carbons (Fsp3) is 0.0769. The maximum Gasteiger partial charge on any atom is 0.252 e. The van der Waals surface area contributed by atoms with Gasteiger partial charge in [0.1, 0.15) is 0 Å². The molecule has 0 fully saturated rings. The van der Waals surface area contributed by atoms with Crippen LogP contribution in [0.1, 0.15) is 38.9 Å². The Morgan fingerprint density at radius 3 is 1.33 bits per heavy atom. The highest BCUT2D eigenvalue weighted by molar-refractivity contribution is 7.00. The number of fused-ring (bicyclic) bond motifs is 4. The van der Waals surface area contributed by atoms with E-state index in [1.807, 2.05) is 0 Å². The predicted molar refractivity (Wildman–Crippen MR) is 233 cm³/mol. The van der Waals surface area contributed by atoms with Gasteiger partial charge in [-0.25, -0.2) is 0 Å². The van der Waals surface area contributed by atoms with E-state index in [9.17, 15) is 0 Å². The van der Waals surface area contributed by atoms with Gasteiger partial charge in [0.15, 0.2) is 0 Å². The van der Waals surface area contributed by atoms with E-state index in [1.165, 1.54) is 83.8 Å². The fourth-order valence-electron chi connectivity index (χ4n) is 9.38. The largest absolute Gasteiger partial charge is 0.311 e. The van der Waals surface area contributed by atoms with E-state index >= 15 is 0 Å². The Morgan fingerprint density at radius 1 is 0.345 bits per heavy atom. The molecule has 0 N–H and O–H groups in total. The summed E-state index contributed by atoms with van der Waals surface area (Å²) in [5.41, 5.74) is 19.5. The predicted octanol–water partition coefficient (Wildman–Crippen LogP) is 11.1. The molecule has 0 saturated carbocycles. The molecule has 2 aliphatic heterocycles. The molecule has 0 atom stereocenters. The van der Waals surface area contributed by atoms with Crippen LogP contribution in [0.5, 0.6) is 0 Å². The van der Waals surface area contributed by atoms with E-state index < -0.39 is 5.41 Å². The van der Waals surface area contributed by atoms with Crippen LogP contribution in [-0.2, 0) is 5.41 Å². The third-order valence-electron chi connectivity index (χ3n) is 11.7. The summed E-state index contributed by atoms with van der Waals surface area (Å²) in [6.45, 7) is 6.71. The molecule has 0 amide bonds. The molecular formula is C52H41BN2. The molecule has 2 heterocycles. The molecule has 262 valence electrons. The van der Waals surface area contributed by atoms with Gasteiger partial charge in [-0.05, 0) is 114 Å². The first kappa shape index (κ1) is 33.0. The van der Waals surface area contributed by atoms with Crippen LogP contribution in [0.4, 0.5) is 34.1 Å². The molecule has 0 aromatic heterocycles. The van der Waals surface area contributed by atoms with Gasteiger partial charge in [0, 0.05) is 34.1 Å². The average Bonchev–Trinajstić information content (AvgIpc) is 3.23. The number of hydrogen-bond donors (Lipinski definition) is 0. The molecule has 2 aliphatic rings. The Kier molecular flexibility index (Phi) is 7.85. The van der Waals surface area contributed by atoms with Gasteiger partial charge >= 0.3 is 0 Å². The van der Waals surface area contributed by atoms with E-state index in [4.69, 9.17) is 0 Å². The van der Waals surface area contributed by atoms with Gasteiger partial charge in [0.05, 0.1) is 5.41 Å². The highest BCUT2D eigenvalue weighted by Crippen LogP contribution is 2.48. The lowest BCUT2D eigenvalue weighted by Crippen LogP contribution is -2.61. The topological polar surface area (TPSA) is 6.48 Å². The van der Waals surface area contributed by atoms with Crippen molar-refractivity contribution in [2.45, 2.75) is 26.2 Å². The Hall–Kier alpha value is -6.58. The van der Waals surface area contributed by atoms with Crippen molar-refractivity contribution in [3.8, 4) is 0 Å². The van der Waals surface area contributed by atoms with E-state index in [2.05, 4.69) is 225 Å². The van der Waals surface area contributed by atoms with Crippen LogP contribution in [0.15, 0.2) is 194 Å². The van der Waals surface area contributed by atoms with Gasteiger partial charge in [0.25, 0.3) is 6.71 Å². The van der Waals surface area contributed by atoms with Crippen LogP contribution in [0.2, 0.25) is 0 Å². The summed E-state index contributed by atoms with van der Waals surface area (Å²) in [6, 6.07) is 72.1. The lowest BCUT2D eigenvalue weighted by Gasteiger charge is -2.44. The molecular weight excluding hydrogens is 663 g/mol. The Balaban J connectivity index is 1.20. The van der Waals surface area contributed by atoms with Gasteiger partial charge in [-0.1, -0.05) is 157 Å². The minimum absolute atomic E-state index is 0.107. The highest BCUT2D eigenvalue weighted by atomic mass is 15.2. The number of hydrogen-bond acceptors (Lipinski definition) is 2. The first-order valence-corrected chi connectivity index (χ1v) is 19.3. The van der Waals surface area contributed by atoms with E-state index in [1.54, 1.807) is 0 Å². The zero-order valence-electron chi connectivity index (χ0n) is 31.4. The van der Waals surface area contributed by atoms with Crippen LogP contribution in [-0.4, -0.2) is 6.71 Å². The third kappa shape index (κ3) is 5.18. The Bertz CT molecular complexity index is 2570. The quantitative estimate of drug-likeness (QED) is 0.126. The lowest BCUT2D eigenvalue weighted by molar-refractivity contribution is 0.745. The molecule has 0 radical (unpaired) electrons. The summed E-state index contributed by atoms with van der Waals surface area (Å²) in [7, 11) is 0. The molecule has 8 aromatic rings. The SMILES string of the molecule is Cc1ccc(N2c3ccc(C)cc3B3c4ccccc4N(c4ccc(C(c5ccccc5)(c5ccccc5)c5ccccc5)cc4)c4cc(C)cc2c43)cc1. The standard InChI is InChI=1S/C52H41BN2/c1-36-23-28-43(29-24-36)55-48-32-25-37(2)33-46(48)53-45-21-13-14-22-47(45)54(49-34-38(3)35-50(55)51(49)53)44-30-26-42(27-31-44)52(39-15-7-4-8-16-39,40-17-9-5-10-18-40)41-19-11-6-12-20-41/h4-35H,1-3H3. The minimum atomic E-state index is -0.508. The fourth-order valence-corrected chi connectivity index (χ4v) is 9.38. The maximum absolute atomic E-state index is 2.50. The van der Waals surface area contributed by atoms with Gasteiger partial charge in [-0.15, -0.1) is 0 Å². The summed E-state index contributed by atoms with van der Waals surface area (Å²) in [4.78, 5) is 4.99. The summed E-state index contributed by atoms with van der Waals surface area (Å²) >= 11 is 0. The van der Waals surface area contributed by atoms with Crippen molar-refractivity contribution in [3.63, 3.8) is 0 Å². The van der Waals surface area contributed by atoms with Crippen molar-refractivity contribution < 1.29 is 0 Å². The van der Waals surface area contributed by atoms with Gasteiger partial charge in [0.2, 0.25) is 0 Å². The van der Waals surface area contributed by atoms with Crippen LogP contribution >= 0.6 is 0 Å². The monoisotopic (exact) mass is 704 g/mol. The number of benzene rings is 8. The summed E-state index contributed by atoms with van der Waals surface area (Å²) < 4.78 is 0. The normalized spacial score (nSPS) is 12.9. The molecule has 0 saturated heterocycles. The molecule has 55 heavy (non-hydrogen) atoms. The van der Waals surface area contributed by atoms with Crippen molar-refractivity contribution >= 4 is 57.2 Å². The molecule has 0 unspecified atom stereocenters. The summed E-state index contributed by atoms with van der Waals surface area (Å²) in [5, 5.41) is 0. The van der Waals surface area contributed by atoms with Crippen molar-refractivity contribution in [2.75, 3.05) is 9.80 Å². The minimum Gasteiger partial charge on any atom is -0.311 e. The number of para-hydroxylation sites is 1. The van der Waals surface area contributed by atoms with Crippen molar-refractivity contribution in [1.29, 1.82) is 0 Å². The number of anilines is 6. The molecule has 2 nitrogen and oxygen atoms in total. The van der Waals surface area contributed by atoms with Crippen molar-refractivity contribution in [2.24, 2.45) is 0 Å². The molecule has 0 aliphatic carbocycles. The average molecular weight is 705 g/mol. The smallest absolute Gasteiger partial charge is 0.252 e. The second-order valence-corrected chi connectivity index (χ2v) is 15.2. The second-order valence-electron chi connectivity index (χ2n) is 15.2. The number of aryl methyl sites for hydroxylation is 3. The van der Waals surface area contributed by atoms with Crippen LogP contribution in [0.3, 0.4) is 0 Å². The zero-order valence-corrected chi connectivity index (χ0v) is 31.4. The summed E-state index contributed by atoms with van der Waals surface area (Å²) in [5.74, 6) is 0. The first-order chi connectivity index (χ1) is 27.0. The van der Waals surface area contributed by atoms with E-state index in [0.717, 1.165) is 5.69 Å². The van der Waals surface area contributed by atoms with Crippen LogP contribution in [0.25, 0.3) is 0 Å². The number of rotatable bonds is 6. The van der Waals surface area contributed by atoms with Crippen molar-refractivity contribution in [1.82, 2.24) is 0 Å². The Morgan fingerprint density at radius 2 is 0.782 bits per heavy atom. The zero-order chi connectivity index (χ0) is 37.1. The van der Waals surface area contributed by atoms with Gasteiger partial charge < -0.3 is 9.80 Å². The lowest BCUT2D eigenvalue weighted by atomic mass is 9.33. The number of nitrogens with zero attached hydrogens (tertiary/aromatic N) is 2. The summed E-state index contributed by atoms with van der Waals surface area (Å²) in [6.07, 6.45) is 0. The molecule has 3 heteroatoms. The van der Waals surface area contributed by atoms with Gasteiger partial charge in [-0.2, -0.15) is 0 Å². The molecule has 0 spiro atoms. The maximum atomic E-state index is 2.50. The molecule has 0 bridgehead atoms. The molecule has 8 aromatic carbocycles. The highest BCUT2D eigenvalue weighted by Gasteiger charge is 2.44. The third-order valence-corrected chi connectivity index (χ3v) is 11.7.